The average molecular weight is 653 g/mol. The quantitative estimate of drug-likeness (QED) is 0.225. The molecule has 3 aromatic carbocycles. The first kappa shape index (κ1) is 33.7. The number of anilines is 1. The molecular formula is C31H36Cl3N3O4S. The lowest BCUT2D eigenvalue weighted by Gasteiger charge is -2.34. The molecule has 2 amide bonds. The Balaban J connectivity index is 2.12. The average Bonchev–Trinajstić information content (AvgIpc) is 2.94. The van der Waals surface area contributed by atoms with Crippen molar-refractivity contribution in [3.8, 4) is 0 Å². The lowest BCUT2D eigenvalue weighted by atomic mass is 10.1. The molecule has 3 aromatic rings. The van der Waals surface area contributed by atoms with Crippen LogP contribution in [0.1, 0.15) is 50.3 Å². The van der Waals surface area contributed by atoms with E-state index in [-0.39, 0.29) is 29.8 Å². The number of rotatable bonds is 12. The highest BCUT2D eigenvalue weighted by molar-refractivity contribution is 7.92. The molecule has 0 radical (unpaired) electrons. The Kier molecular flexibility index (Phi) is 11.7. The van der Waals surface area contributed by atoms with Crippen LogP contribution in [0.4, 0.5) is 5.69 Å². The molecule has 0 unspecified atom stereocenters. The number of amides is 2. The van der Waals surface area contributed by atoms with Crippen molar-refractivity contribution in [2.45, 2.75) is 71.0 Å². The third kappa shape index (κ3) is 7.98. The number of halogens is 3. The first-order valence-electron chi connectivity index (χ1n) is 13.7. The summed E-state index contributed by atoms with van der Waals surface area (Å²) in [6.07, 6.45) is 0.982. The number of carbonyl (C=O) groups excluding carboxylic acids is 2. The van der Waals surface area contributed by atoms with Crippen molar-refractivity contribution in [3.63, 3.8) is 0 Å². The lowest BCUT2D eigenvalue weighted by molar-refractivity contribution is -0.140. The van der Waals surface area contributed by atoms with Crippen molar-refractivity contribution in [1.82, 2.24) is 10.2 Å². The first-order valence-corrected chi connectivity index (χ1v) is 16.3. The van der Waals surface area contributed by atoms with Gasteiger partial charge in [-0.15, -0.1) is 0 Å². The summed E-state index contributed by atoms with van der Waals surface area (Å²) >= 11 is 19.0. The number of aryl methyl sites for hydroxylation is 2. The molecule has 0 spiro atoms. The molecule has 2 atom stereocenters. The van der Waals surface area contributed by atoms with Gasteiger partial charge < -0.3 is 10.2 Å². The minimum Gasteiger partial charge on any atom is -0.352 e. The molecule has 0 heterocycles. The molecule has 0 saturated carbocycles. The molecule has 0 aliphatic heterocycles. The van der Waals surface area contributed by atoms with Crippen LogP contribution in [0.15, 0.2) is 65.6 Å². The molecule has 0 bridgehead atoms. The number of carbonyl (C=O) groups is 2. The largest absolute Gasteiger partial charge is 0.352 e. The summed E-state index contributed by atoms with van der Waals surface area (Å²) in [6, 6.07) is 14.9. The predicted octanol–water partition coefficient (Wildman–Crippen LogP) is 7.18. The topological polar surface area (TPSA) is 86.8 Å². The molecule has 11 heteroatoms. The zero-order valence-electron chi connectivity index (χ0n) is 24.3. The molecule has 1 N–H and O–H groups in total. The van der Waals surface area contributed by atoms with Crippen LogP contribution < -0.4 is 9.62 Å². The highest BCUT2D eigenvalue weighted by atomic mass is 35.5. The maximum atomic E-state index is 14.2. The monoisotopic (exact) mass is 651 g/mol. The van der Waals surface area contributed by atoms with Crippen LogP contribution in [0, 0.1) is 13.8 Å². The molecule has 3 rings (SSSR count). The second-order valence-corrected chi connectivity index (χ2v) is 13.3. The second-order valence-electron chi connectivity index (χ2n) is 10.2. The zero-order chi connectivity index (χ0) is 31.2. The van der Waals surface area contributed by atoms with Crippen LogP contribution in [-0.2, 0) is 26.2 Å². The molecule has 0 saturated heterocycles. The van der Waals surface area contributed by atoms with E-state index in [2.05, 4.69) is 5.32 Å². The summed E-state index contributed by atoms with van der Waals surface area (Å²) < 4.78 is 29.1. The van der Waals surface area contributed by atoms with Gasteiger partial charge in [-0.3, -0.25) is 13.9 Å². The SMILES string of the molecule is CC[C@@H](C)NC(=O)[C@H](CC)N(Cc1c(Cl)cccc1Cl)C(=O)CN(c1ccc(C)c(C)c1)S(=O)(=O)c1ccc(Cl)cc1. The van der Waals surface area contributed by atoms with Crippen LogP contribution in [0.3, 0.4) is 0 Å². The van der Waals surface area contributed by atoms with E-state index in [9.17, 15) is 18.0 Å². The first-order chi connectivity index (χ1) is 19.8. The van der Waals surface area contributed by atoms with Gasteiger partial charge in [0.05, 0.1) is 10.6 Å². The molecule has 0 fully saturated rings. The number of hydrogen-bond acceptors (Lipinski definition) is 4. The van der Waals surface area contributed by atoms with Gasteiger partial charge in [0.25, 0.3) is 10.0 Å². The van der Waals surface area contributed by atoms with Gasteiger partial charge in [0.2, 0.25) is 11.8 Å². The fraction of sp³-hybridized carbons (Fsp3) is 0.355. The van der Waals surface area contributed by atoms with Crippen LogP contribution in [0.5, 0.6) is 0 Å². The molecule has 226 valence electrons. The summed E-state index contributed by atoms with van der Waals surface area (Å²) in [4.78, 5) is 29.0. The minimum atomic E-state index is -4.22. The second kappa shape index (κ2) is 14.6. The van der Waals surface area contributed by atoms with Crippen LogP contribution in [0.2, 0.25) is 15.1 Å². The molecule has 42 heavy (non-hydrogen) atoms. The van der Waals surface area contributed by atoms with Crippen LogP contribution in [-0.4, -0.2) is 43.8 Å². The van der Waals surface area contributed by atoms with Gasteiger partial charge in [0.15, 0.2) is 0 Å². The summed E-state index contributed by atoms with van der Waals surface area (Å²) in [5, 5.41) is 3.99. The Morgan fingerprint density at radius 3 is 2.05 bits per heavy atom. The standard InChI is InChI=1S/C31H36Cl3N3O4S/c1-6-22(5)35-31(39)29(7-2)36(18-26-27(33)9-8-10-28(26)34)30(38)19-37(24-14-11-20(3)21(4)17-24)42(40,41)25-15-12-23(32)13-16-25/h8-17,22,29H,6-7,18-19H2,1-5H3,(H,35,39)/t22-,29+/m1/s1. The van der Waals surface area contributed by atoms with Gasteiger partial charge in [0, 0.05) is 33.2 Å². The van der Waals surface area contributed by atoms with Gasteiger partial charge in [-0.2, -0.15) is 0 Å². The Bertz CT molecular complexity index is 1510. The zero-order valence-corrected chi connectivity index (χ0v) is 27.4. The van der Waals surface area contributed by atoms with Crippen molar-refractivity contribution < 1.29 is 18.0 Å². The maximum absolute atomic E-state index is 14.2. The van der Waals surface area contributed by atoms with Crippen LogP contribution in [0.25, 0.3) is 0 Å². The third-order valence-corrected chi connectivity index (χ3v) is 9.98. The summed E-state index contributed by atoms with van der Waals surface area (Å²) in [5.74, 6) is -0.936. The summed E-state index contributed by atoms with van der Waals surface area (Å²) in [7, 11) is -4.22. The van der Waals surface area contributed by atoms with Crippen LogP contribution >= 0.6 is 34.8 Å². The highest BCUT2D eigenvalue weighted by Gasteiger charge is 2.34. The van der Waals surface area contributed by atoms with E-state index < -0.39 is 28.5 Å². The molecule has 0 aliphatic rings. The van der Waals surface area contributed by atoms with Crippen molar-refractivity contribution in [1.29, 1.82) is 0 Å². The number of sulfonamides is 1. The van der Waals surface area contributed by atoms with E-state index in [1.54, 1.807) is 43.3 Å². The fourth-order valence-corrected chi connectivity index (χ4v) is 6.41. The Labute approximate surface area is 263 Å². The highest BCUT2D eigenvalue weighted by Crippen LogP contribution is 2.30. The number of hydrogen-bond donors (Lipinski definition) is 1. The summed E-state index contributed by atoms with van der Waals surface area (Å²) in [6.45, 7) is 8.74. The Morgan fingerprint density at radius 1 is 0.881 bits per heavy atom. The lowest BCUT2D eigenvalue weighted by Crippen LogP contribution is -2.53. The van der Waals surface area contributed by atoms with Crippen molar-refractivity contribution in [2.24, 2.45) is 0 Å². The molecule has 7 nitrogen and oxygen atoms in total. The predicted molar refractivity (Wildman–Crippen MR) is 171 cm³/mol. The third-order valence-electron chi connectivity index (χ3n) is 7.24. The van der Waals surface area contributed by atoms with E-state index in [1.165, 1.54) is 29.2 Å². The molecule has 0 aromatic heterocycles. The summed E-state index contributed by atoms with van der Waals surface area (Å²) in [5.41, 5.74) is 2.60. The van der Waals surface area contributed by atoms with Crippen molar-refractivity contribution in [3.05, 3.63) is 92.4 Å². The molecule has 0 aliphatic carbocycles. The Morgan fingerprint density at radius 2 is 1.50 bits per heavy atom. The van der Waals surface area contributed by atoms with Crippen molar-refractivity contribution >= 4 is 62.3 Å². The van der Waals surface area contributed by atoms with E-state index >= 15 is 0 Å². The number of benzene rings is 3. The maximum Gasteiger partial charge on any atom is 0.264 e. The number of nitrogens with zero attached hydrogens (tertiary/aromatic N) is 2. The van der Waals surface area contributed by atoms with E-state index in [0.717, 1.165) is 15.4 Å². The molecular weight excluding hydrogens is 617 g/mol. The minimum absolute atomic E-state index is 0.0276. The van der Waals surface area contributed by atoms with Crippen molar-refractivity contribution in [2.75, 3.05) is 10.8 Å². The Hall–Kier alpha value is -2.78. The van der Waals surface area contributed by atoms with Gasteiger partial charge in [-0.05, 0) is 93.3 Å². The van der Waals surface area contributed by atoms with Gasteiger partial charge >= 0.3 is 0 Å². The fourth-order valence-electron chi connectivity index (χ4n) is 4.36. The number of nitrogens with one attached hydrogen (secondary N) is 1. The van der Waals surface area contributed by atoms with Gasteiger partial charge in [0.1, 0.15) is 12.6 Å². The van der Waals surface area contributed by atoms with E-state index in [0.29, 0.717) is 32.7 Å². The van der Waals surface area contributed by atoms with E-state index in [1.807, 2.05) is 27.7 Å². The normalized spacial score (nSPS) is 12.9. The smallest absolute Gasteiger partial charge is 0.264 e. The van der Waals surface area contributed by atoms with Gasteiger partial charge in [-0.25, -0.2) is 8.42 Å². The van der Waals surface area contributed by atoms with Gasteiger partial charge in [-0.1, -0.05) is 60.8 Å². The van der Waals surface area contributed by atoms with E-state index in [4.69, 9.17) is 34.8 Å².